The molecule has 0 bridgehead atoms. The highest BCUT2D eigenvalue weighted by molar-refractivity contribution is 7.10. The first-order chi connectivity index (χ1) is 15.5. The molecule has 2 fully saturated rings. The lowest BCUT2D eigenvalue weighted by molar-refractivity contribution is -0.126. The maximum absolute atomic E-state index is 13.6. The minimum absolute atomic E-state index is 0.319. The van der Waals surface area contributed by atoms with Gasteiger partial charge in [-0.05, 0) is 54.3 Å². The van der Waals surface area contributed by atoms with Crippen LogP contribution in [0.3, 0.4) is 0 Å². The summed E-state index contributed by atoms with van der Waals surface area (Å²) in [6.07, 6.45) is -0.922. The number of hydroxylamine groups is 1. The van der Waals surface area contributed by atoms with Gasteiger partial charge >= 0.3 is 5.97 Å². The number of carbonyl (C=O) groups excluding carboxylic acids is 3. The van der Waals surface area contributed by atoms with E-state index in [4.69, 9.17) is 9.57 Å². The Bertz CT molecular complexity index is 1190. The third-order valence-corrected chi connectivity index (χ3v) is 6.79. The molecule has 8 heteroatoms. The van der Waals surface area contributed by atoms with E-state index in [-0.39, 0.29) is 5.91 Å². The number of fused-ring (bicyclic) bond motifs is 1. The van der Waals surface area contributed by atoms with Gasteiger partial charge in [-0.15, -0.1) is 11.3 Å². The molecule has 2 aliphatic rings. The third-order valence-electron chi connectivity index (χ3n) is 5.85. The summed E-state index contributed by atoms with van der Waals surface area (Å²) in [5.41, 5.74) is 2.56. The van der Waals surface area contributed by atoms with Crippen molar-refractivity contribution < 1.29 is 24.0 Å². The average Bonchev–Trinajstić information content (AvgIpc) is 3.51. The number of methoxy groups -OCH3 is 1. The number of rotatable bonds is 4. The predicted molar refractivity (Wildman–Crippen MR) is 119 cm³/mol. The molecule has 5 rings (SSSR count). The number of ether oxygens (including phenoxy) is 1. The number of aryl methyl sites for hydroxylation is 1. The molecule has 0 aliphatic carbocycles. The minimum Gasteiger partial charge on any atom is -0.465 e. The number of esters is 1. The zero-order valence-corrected chi connectivity index (χ0v) is 18.2. The largest absolute Gasteiger partial charge is 0.465 e. The Labute approximate surface area is 188 Å². The maximum Gasteiger partial charge on any atom is 0.337 e. The van der Waals surface area contributed by atoms with E-state index >= 15 is 0 Å². The molecule has 2 amide bonds. The summed E-state index contributed by atoms with van der Waals surface area (Å²) in [6.45, 7) is 1.97. The first-order valence-electron chi connectivity index (χ1n) is 10.1. The van der Waals surface area contributed by atoms with Crippen LogP contribution in [-0.2, 0) is 19.2 Å². The van der Waals surface area contributed by atoms with E-state index in [1.807, 2.05) is 48.7 Å². The molecule has 7 nitrogen and oxygen atoms in total. The number of imide groups is 1. The number of hydrogen-bond acceptors (Lipinski definition) is 7. The van der Waals surface area contributed by atoms with Crippen LogP contribution in [-0.4, -0.2) is 31.0 Å². The van der Waals surface area contributed by atoms with Gasteiger partial charge in [0.15, 0.2) is 6.10 Å². The van der Waals surface area contributed by atoms with E-state index in [1.54, 1.807) is 17.2 Å². The zero-order chi connectivity index (χ0) is 22.4. The van der Waals surface area contributed by atoms with Gasteiger partial charge in [0, 0.05) is 4.88 Å². The number of para-hydroxylation sites is 1. The predicted octanol–water partition coefficient (Wildman–Crippen LogP) is 3.89. The van der Waals surface area contributed by atoms with Crippen LogP contribution in [0.25, 0.3) is 0 Å². The topological polar surface area (TPSA) is 76.2 Å². The fraction of sp³-hybridized carbons (Fsp3) is 0.208. The molecule has 3 atom stereocenters. The number of amides is 2. The zero-order valence-electron chi connectivity index (χ0n) is 17.4. The standard InChI is InChI=1S/C24H20N2O5S/c1-14-6-3-4-7-17(14)26-20(18-8-5-13-32-18)19-21(31-26)23(28)25(22(19)27)16-11-9-15(10-12-16)24(29)30-2/h3-13,19-21H,1-2H3/t19-,20-,21-/m1/s1. The molecule has 0 unspecified atom stereocenters. The van der Waals surface area contributed by atoms with E-state index in [9.17, 15) is 14.4 Å². The molecule has 162 valence electrons. The van der Waals surface area contributed by atoms with Gasteiger partial charge in [-0.2, -0.15) is 0 Å². The van der Waals surface area contributed by atoms with Crippen molar-refractivity contribution in [3.63, 3.8) is 0 Å². The van der Waals surface area contributed by atoms with Crippen LogP contribution in [0.1, 0.15) is 26.8 Å². The van der Waals surface area contributed by atoms with Gasteiger partial charge in [0.2, 0.25) is 5.91 Å². The van der Waals surface area contributed by atoms with Gasteiger partial charge in [0.05, 0.1) is 24.0 Å². The fourth-order valence-electron chi connectivity index (χ4n) is 4.30. The molecule has 0 saturated carbocycles. The van der Waals surface area contributed by atoms with Gasteiger partial charge in [-0.1, -0.05) is 24.3 Å². The van der Waals surface area contributed by atoms with Crippen molar-refractivity contribution in [3.8, 4) is 0 Å². The Morgan fingerprint density at radius 3 is 2.41 bits per heavy atom. The lowest BCUT2D eigenvalue weighted by Crippen LogP contribution is -2.37. The van der Waals surface area contributed by atoms with Gasteiger partial charge in [0.25, 0.3) is 5.91 Å². The van der Waals surface area contributed by atoms with Crippen molar-refractivity contribution in [3.05, 3.63) is 82.0 Å². The van der Waals surface area contributed by atoms with Crippen LogP contribution in [0.5, 0.6) is 0 Å². The molecule has 1 aromatic heterocycles. The number of anilines is 2. The number of thiophene rings is 1. The lowest BCUT2D eigenvalue weighted by atomic mass is 9.95. The summed E-state index contributed by atoms with van der Waals surface area (Å²) in [4.78, 5) is 46.8. The Balaban J connectivity index is 1.52. The van der Waals surface area contributed by atoms with Gasteiger partial charge in [-0.25, -0.2) is 14.8 Å². The summed E-state index contributed by atoms with van der Waals surface area (Å²) in [5, 5.41) is 3.66. The van der Waals surface area contributed by atoms with Crippen LogP contribution in [0.15, 0.2) is 66.0 Å². The summed E-state index contributed by atoms with van der Waals surface area (Å²) in [5.74, 6) is -1.90. The van der Waals surface area contributed by atoms with Crippen molar-refractivity contribution >= 4 is 40.5 Å². The normalized spacial score (nSPS) is 22.4. The summed E-state index contributed by atoms with van der Waals surface area (Å²) >= 11 is 1.53. The molecule has 3 heterocycles. The smallest absolute Gasteiger partial charge is 0.337 e. The molecule has 0 radical (unpaired) electrons. The fourth-order valence-corrected chi connectivity index (χ4v) is 5.15. The maximum atomic E-state index is 13.6. The second-order valence-electron chi connectivity index (χ2n) is 7.67. The Kier molecular flexibility index (Phi) is 5.03. The summed E-state index contributed by atoms with van der Waals surface area (Å²) in [7, 11) is 1.30. The van der Waals surface area contributed by atoms with Crippen molar-refractivity contribution in [2.45, 2.75) is 19.1 Å². The Morgan fingerprint density at radius 2 is 1.75 bits per heavy atom. The Morgan fingerprint density at radius 1 is 1.00 bits per heavy atom. The van der Waals surface area contributed by atoms with Crippen molar-refractivity contribution in [2.75, 3.05) is 17.1 Å². The van der Waals surface area contributed by atoms with Gasteiger partial charge in [-0.3, -0.25) is 14.4 Å². The van der Waals surface area contributed by atoms with E-state index < -0.39 is 29.9 Å². The number of benzene rings is 2. The summed E-state index contributed by atoms with van der Waals surface area (Å²) < 4.78 is 4.71. The van der Waals surface area contributed by atoms with Crippen LogP contribution >= 0.6 is 11.3 Å². The van der Waals surface area contributed by atoms with Gasteiger partial charge in [0.1, 0.15) is 12.0 Å². The highest BCUT2D eigenvalue weighted by atomic mass is 32.1. The number of hydrogen-bond donors (Lipinski definition) is 0. The molecule has 3 aromatic rings. The molecule has 2 aromatic carbocycles. The summed E-state index contributed by atoms with van der Waals surface area (Å²) in [6, 6.07) is 17.4. The van der Waals surface area contributed by atoms with Crippen LogP contribution < -0.4 is 9.96 Å². The molecule has 0 spiro atoms. The van der Waals surface area contributed by atoms with Crippen molar-refractivity contribution in [1.29, 1.82) is 0 Å². The van der Waals surface area contributed by atoms with Crippen LogP contribution in [0, 0.1) is 12.8 Å². The quantitative estimate of drug-likeness (QED) is 0.445. The SMILES string of the molecule is COC(=O)c1ccc(N2C(=O)[C@@H]3[C@@H](c4cccs4)N(c4ccccc4C)O[C@H]3C2=O)cc1. The van der Waals surface area contributed by atoms with Crippen molar-refractivity contribution in [2.24, 2.45) is 5.92 Å². The first kappa shape index (κ1) is 20.4. The first-order valence-corrected chi connectivity index (χ1v) is 11.0. The van der Waals surface area contributed by atoms with E-state index in [1.165, 1.54) is 30.6 Å². The highest BCUT2D eigenvalue weighted by Gasteiger charge is 2.60. The molecule has 2 aliphatic heterocycles. The van der Waals surface area contributed by atoms with Crippen LogP contribution in [0.2, 0.25) is 0 Å². The minimum atomic E-state index is -0.922. The third kappa shape index (κ3) is 3.11. The van der Waals surface area contributed by atoms with E-state index in [0.717, 1.165) is 21.0 Å². The molecular weight excluding hydrogens is 428 g/mol. The second kappa shape index (κ2) is 7.89. The number of carbonyl (C=O) groups is 3. The molecule has 2 saturated heterocycles. The Hall–Kier alpha value is -3.49. The van der Waals surface area contributed by atoms with E-state index in [0.29, 0.717) is 11.3 Å². The second-order valence-corrected chi connectivity index (χ2v) is 8.65. The van der Waals surface area contributed by atoms with Crippen LogP contribution in [0.4, 0.5) is 11.4 Å². The van der Waals surface area contributed by atoms with Gasteiger partial charge < -0.3 is 4.74 Å². The number of nitrogens with zero attached hydrogens (tertiary/aromatic N) is 2. The average molecular weight is 449 g/mol. The monoisotopic (exact) mass is 448 g/mol. The highest BCUT2D eigenvalue weighted by Crippen LogP contribution is 2.49. The van der Waals surface area contributed by atoms with Crippen molar-refractivity contribution in [1.82, 2.24) is 0 Å². The molecule has 0 N–H and O–H groups in total. The lowest BCUT2D eigenvalue weighted by Gasteiger charge is -2.29. The van der Waals surface area contributed by atoms with E-state index in [2.05, 4.69) is 0 Å². The molecular formula is C24H20N2O5S. The molecule has 32 heavy (non-hydrogen) atoms.